The van der Waals surface area contributed by atoms with Crippen molar-refractivity contribution in [3.63, 3.8) is 0 Å². The van der Waals surface area contributed by atoms with Crippen molar-refractivity contribution < 1.29 is 4.79 Å². The molecule has 1 aromatic rings. The Kier molecular flexibility index (Phi) is 23.8. The van der Waals surface area contributed by atoms with Crippen LogP contribution in [0, 0.1) is 0 Å². The maximum Gasteiger partial charge on any atom is 0.106 e. The fourth-order valence-corrected chi connectivity index (χ4v) is 2.89. The van der Waals surface area contributed by atoms with Crippen LogP contribution < -0.4 is 10.6 Å². The monoisotopic (exact) mass is 381 g/mol. The number of hydrogen-bond acceptors (Lipinski definition) is 4. The van der Waals surface area contributed by atoms with Crippen molar-refractivity contribution in [1.82, 2.24) is 15.5 Å². The van der Waals surface area contributed by atoms with Crippen LogP contribution in [0.2, 0.25) is 0 Å². The molecular weight excluding hydrogens is 334 g/mol. The molecule has 0 unspecified atom stereocenters. The van der Waals surface area contributed by atoms with Crippen molar-refractivity contribution in [1.29, 1.82) is 0 Å². The fourth-order valence-electron chi connectivity index (χ4n) is 2.89. The van der Waals surface area contributed by atoms with Crippen LogP contribution in [0.1, 0.15) is 59.9 Å². The molecule has 4 heteroatoms. The Morgan fingerprint density at radius 2 is 1.56 bits per heavy atom. The molecule has 160 valence electrons. The van der Waals surface area contributed by atoms with E-state index in [1.54, 1.807) is 0 Å². The van der Waals surface area contributed by atoms with Crippen molar-refractivity contribution in [2.75, 3.05) is 46.8 Å². The molecule has 0 bridgehead atoms. The van der Waals surface area contributed by atoms with Gasteiger partial charge < -0.3 is 20.3 Å². The number of carbonyl (C=O) groups is 1. The highest BCUT2D eigenvalue weighted by atomic mass is 16.1. The first-order valence-electron chi connectivity index (χ1n) is 10.0. The highest BCUT2D eigenvalue weighted by molar-refractivity contribution is 5.27. The molecule has 4 nitrogen and oxygen atoms in total. The lowest BCUT2D eigenvalue weighted by molar-refractivity contribution is -0.0979. The lowest BCUT2D eigenvalue weighted by atomic mass is 9.73. The number of benzene rings is 1. The Bertz CT molecular complexity index is 390. The second-order valence-corrected chi connectivity index (χ2v) is 6.58. The molecule has 27 heavy (non-hydrogen) atoms. The van der Waals surface area contributed by atoms with Crippen LogP contribution in [0.25, 0.3) is 0 Å². The minimum absolute atomic E-state index is 0. The van der Waals surface area contributed by atoms with E-state index in [0.717, 1.165) is 32.7 Å². The van der Waals surface area contributed by atoms with Gasteiger partial charge in [-0.25, -0.2) is 0 Å². The first-order valence-corrected chi connectivity index (χ1v) is 10.0. The molecule has 1 fully saturated rings. The molecule has 2 rings (SSSR count). The average Bonchev–Trinajstić information content (AvgIpc) is 2.70. The molecule has 0 amide bonds. The molecule has 0 spiro atoms. The molecule has 1 heterocycles. The van der Waals surface area contributed by atoms with Crippen LogP contribution >= 0.6 is 0 Å². The summed E-state index contributed by atoms with van der Waals surface area (Å²) < 4.78 is 0. The molecule has 0 aliphatic carbocycles. The van der Waals surface area contributed by atoms with Gasteiger partial charge in [-0.1, -0.05) is 71.9 Å². The van der Waals surface area contributed by atoms with Gasteiger partial charge in [-0.3, -0.25) is 0 Å². The van der Waals surface area contributed by atoms with Gasteiger partial charge in [0.25, 0.3) is 0 Å². The third-order valence-corrected chi connectivity index (χ3v) is 4.15. The number of piperidine rings is 1. The van der Waals surface area contributed by atoms with Gasteiger partial charge in [0.1, 0.15) is 6.79 Å². The van der Waals surface area contributed by atoms with Crippen molar-refractivity contribution in [2.24, 2.45) is 0 Å². The average molecular weight is 382 g/mol. The molecule has 1 aliphatic heterocycles. The Balaban J connectivity index is -0.000000639. The van der Waals surface area contributed by atoms with Crippen LogP contribution in [-0.4, -0.2) is 58.5 Å². The van der Waals surface area contributed by atoms with E-state index in [9.17, 15) is 0 Å². The molecule has 0 atom stereocenters. The van der Waals surface area contributed by atoms with E-state index < -0.39 is 0 Å². The van der Waals surface area contributed by atoms with Gasteiger partial charge in [-0.2, -0.15) is 0 Å². The van der Waals surface area contributed by atoms with E-state index >= 15 is 0 Å². The van der Waals surface area contributed by atoms with Gasteiger partial charge >= 0.3 is 0 Å². The molecule has 1 aliphatic rings. The van der Waals surface area contributed by atoms with Gasteiger partial charge in [-0.15, -0.1) is 0 Å². The summed E-state index contributed by atoms with van der Waals surface area (Å²) in [6, 6.07) is 11.0. The lowest BCUT2D eigenvalue weighted by Gasteiger charge is -2.38. The first kappa shape index (κ1) is 30.5. The van der Waals surface area contributed by atoms with E-state index in [4.69, 9.17) is 4.79 Å². The van der Waals surface area contributed by atoms with E-state index in [2.05, 4.69) is 73.8 Å². The molecule has 0 saturated carbocycles. The summed E-state index contributed by atoms with van der Waals surface area (Å²) in [5.41, 5.74) is 1.81. The quantitative estimate of drug-likeness (QED) is 0.719. The Hall–Kier alpha value is -1.23. The van der Waals surface area contributed by atoms with Gasteiger partial charge in [-0.05, 0) is 45.6 Å². The number of nitrogens with one attached hydrogen (secondary N) is 2. The van der Waals surface area contributed by atoms with Crippen LogP contribution in [0.4, 0.5) is 0 Å². The van der Waals surface area contributed by atoms with Crippen LogP contribution in [-0.2, 0) is 10.2 Å². The molecule has 1 saturated heterocycles. The third-order valence-electron chi connectivity index (χ3n) is 4.15. The van der Waals surface area contributed by atoms with Gasteiger partial charge in [0, 0.05) is 25.0 Å². The smallest absolute Gasteiger partial charge is 0.106 e. The largest absolute Gasteiger partial charge is 0.317 e. The van der Waals surface area contributed by atoms with Gasteiger partial charge in [0.2, 0.25) is 0 Å². The summed E-state index contributed by atoms with van der Waals surface area (Å²) in [6.07, 6.45) is 3.71. The maximum absolute atomic E-state index is 8.00. The minimum atomic E-state index is 0. The number of likely N-dealkylation sites (N-methyl/N-ethyl adjacent to an activating group) is 1. The molecule has 0 radical (unpaired) electrons. The fraction of sp³-hybridized carbons (Fsp3) is 0.696. The maximum atomic E-state index is 8.00. The summed E-state index contributed by atoms with van der Waals surface area (Å²) >= 11 is 0. The van der Waals surface area contributed by atoms with Crippen LogP contribution in [0.3, 0.4) is 0 Å². The second kappa shape index (κ2) is 21.1. The van der Waals surface area contributed by atoms with Crippen molar-refractivity contribution in [2.45, 2.75) is 59.8 Å². The summed E-state index contributed by atoms with van der Waals surface area (Å²) in [5, 5.41) is 7.14. The number of rotatable bonds is 6. The molecular formula is C23H47N3O. The summed E-state index contributed by atoms with van der Waals surface area (Å²) in [7, 11) is 4.25. The summed E-state index contributed by atoms with van der Waals surface area (Å²) in [4.78, 5) is 10.2. The topological polar surface area (TPSA) is 44.4 Å². The number of hydrogen-bond donors (Lipinski definition) is 2. The minimum Gasteiger partial charge on any atom is -0.317 e. The van der Waals surface area contributed by atoms with E-state index in [0.29, 0.717) is 5.41 Å². The van der Waals surface area contributed by atoms with Gasteiger partial charge in [0.15, 0.2) is 0 Å². The normalized spacial score (nSPS) is 14.2. The summed E-state index contributed by atoms with van der Waals surface area (Å²) in [6.45, 7) is 15.8. The third kappa shape index (κ3) is 13.6. The zero-order valence-electron chi connectivity index (χ0n) is 18.1. The summed E-state index contributed by atoms with van der Waals surface area (Å²) in [5.74, 6) is 0. The first-order chi connectivity index (χ1) is 12.6. The SMILES string of the molecule is C.C=O.CC.CCC.CN(C)CCNCC1(c2ccccc2)CCNCC1. The standard InChI is InChI=1S/C16H27N3.C3H8.C2H6.CH2O.CH4/c1-19(2)13-12-18-14-16(8-10-17-11-9-16)15-6-4-3-5-7-15;1-3-2;2*1-2;/h3-7,17-18H,8-14H2,1-2H3;3H2,1-2H3;1-2H3;1H2;1H4. The predicted octanol–water partition coefficient (Wildman–Crippen LogP) is 4.35. The van der Waals surface area contributed by atoms with E-state index in [1.165, 1.54) is 24.8 Å². The number of nitrogens with zero attached hydrogens (tertiary/aromatic N) is 1. The van der Waals surface area contributed by atoms with Crippen molar-refractivity contribution >= 4 is 6.79 Å². The Morgan fingerprint density at radius 1 is 1.07 bits per heavy atom. The molecule has 0 aromatic heterocycles. The van der Waals surface area contributed by atoms with E-state index in [1.807, 2.05) is 20.6 Å². The van der Waals surface area contributed by atoms with E-state index in [-0.39, 0.29) is 7.43 Å². The Labute approximate surface area is 170 Å². The zero-order valence-corrected chi connectivity index (χ0v) is 18.1. The molecule has 2 N–H and O–H groups in total. The lowest BCUT2D eigenvalue weighted by Crippen LogP contribution is -2.47. The Morgan fingerprint density at radius 3 is 2.00 bits per heavy atom. The number of carbonyl (C=O) groups excluding carboxylic acids is 1. The van der Waals surface area contributed by atoms with Crippen LogP contribution in [0.5, 0.6) is 0 Å². The highest BCUT2D eigenvalue weighted by Gasteiger charge is 2.33. The second-order valence-electron chi connectivity index (χ2n) is 6.58. The van der Waals surface area contributed by atoms with Crippen molar-refractivity contribution in [3.05, 3.63) is 35.9 Å². The van der Waals surface area contributed by atoms with Crippen LogP contribution in [0.15, 0.2) is 30.3 Å². The van der Waals surface area contributed by atoms with Gasteiger partial charge in [0.05, 0.1) is 0 Å². The van der Waals surface area contributed by atoms with Crippen molar-refractivity contribution in [3.8, 4) is 0 Å². The zero-order chi connectivity index (χ0) is 20.3. The molecule has 1 aromatic carbocycles. The predicted molar refractivity (Wildman–Crippen MR) is 123 cm³/mol. The highest BCUT2D eigenvalue weighted by Crippen LogP contribution is 2.32.